The van der Waals surface area contributed by atoms with Crippen LogP contribution in [0.4, 0.5) is 21.7 Å². The number of rotatable bonds is 6. The summed E-state index contributed by atoms with van der Waals surface area (Å²) in [5.74, 6) is 0.693. The van der Waals surface area contributed by atoms with Gasteiger partial charge in [-0.15, -0.1) is 0 Å². The highest BCUT2D eigenvalue weighted by atomic mass is 19.1. The first kappa shape index (κ1) is 19.7. The number of pyridine rings is 1. The van der Waals surface area contributed by atoms with E-state index >= 15 is 0 Å². The third-order valence-electron chi connectivity index (χ3n) is 4.59. The van der Waals surface area contributed by atoms with E-state index in [4.69, 9.17) is 10.00 Å². The number of hydrogen-bond acceptors (Lipinski definition) is 8. The number of morpholine rings is 1. The molecule has 1 fully saturated rings. The van der Waals surface area contributed by atoms with Gasteiger partial charge in [-0.1, -0.05) is 12.1 Å². The Bertz CT molecular complexity index is 1050. The predicted molar refractivity (Wildman–Crippen MR) is 111 cm³/mol. The number of nitriles is 1. The van der Waals surface area contributed by atoms with Crippen LogP contribution in [0.15, 0.2) is 48.9 Å². The van der Waals surface area contributed by atoms with Gasteiger partial charge in [-0.25, -0.2) is 19.3 Å². The molecule has 9 heteroatoms. The van der Waals surface area contributed by atoms with Gasteiger partial charge in [0.15, 0.2) is 5.69 Å². The third kappa shape index (κ3) is 4.86. The molecule has 0 unspecified atom stereocenters. The zero-order valence-corrected chi connectivity index (χ0v) is 16.1. The highest BCUT2D eigenvalue weighted by Crippen LogP contribution is 2.30. The second-order valence-electron chi connectivity index (χ2n) is 6.73. The van der Waals surface area contributed by atoms with Gasteiger partial charge in [0.25, 0.3) is 0 Å². The van der Waals surface area contributed by atoms with E-state index in [1.54, 1.807) is 12.3 Å². The lowest BCUT2D eigenvalue weighted by Crippen LogP contribution is -2.42. The molecule has 1 aromatic carbocycles. The molecule has 1 saturated heterocycles. The summed E-state index contributed by atoms with van der Waals surface area (Å²) in [4.78, 5) is 12.6. The first-order chi connectivity index (χ1) is 14.7. The van der Waals surface area contributed by atoms with Crippen LogP contribution in [0.25, 0.3) is 11.1 Å². The summed E-state index contributed by atoms with van der Waals surface area (Å²) in [6, 6.07) is 10.1. The molecule has 0 radical (unpaired) electrons. The van der Waals surface area contributed by atoms with E-state index in [-0.39, 0.29) is 17.6 Å². The number of benzene rings is 1. The second kappa shape index (κ2) is 9.26. The molecule has 1 atom stereocenters. The molecule has 30 heavy (non-hydrogen) atoms. The molecule has 1 aliphatic rings. The normalized spacial score (nSPS) is 15.9. The molecule has 3 heterocycles. The highest BCUT2D eigenvalue weighted by Gasteiger charge is 2.15. The minimum Gasteiger partial charge on any atom is -0.382 e. The SMILES string of the molecule is N#Cc1cnc(Nc2cc(NC[C@@H]3CNCCO3)c(-c3cccc(F)c3)cn2)cn1. The van der Waals surface area contributed by atoms with Crippen LogP contribution < -0.4 is 16.0 Å². The average molecular weight is 405 g/mol. The standard InChI is InChI=1S/C21H20FN7O/c22-15-3-1-2-14(6-15)18-12-28-20(29-21-13-25-16(8-23)9-27-21)7-19(18)26-11-17-10-24-4-5-30-17/h1-3,6-7,9,12-13,17,24H,4-5,10-11H2,(H2,26,27,28,29)/t17-/m0/s1. The molecule has 0 bridgehead atoms. The summed E-state index contributed by atoms with van der Waals surface area (Å²) in [6.45, 7) is 2.87. The lowest BCUT2D eigenvalue weighted by Gasteiger charge is -2.25. The summed E-state index contributed by atoms with van der Waals surface area (Å²) in [7, 11) is 0. The molecular formula is C21H20FN7O. The van der Waals surface area contributed by atoms with Crippen LogP contribution in [0, 0.1) is 17.1 Å². The fraction of sp³-hybridized carbons (Fsp3) is 0.238. The molecule has 8 nitrogen and oxygen atoms in total. The lowest BCUT2D eigenvalue weighted by molar-refractivity contribution is 0.0372. The minimum atomic E-state index is -0.312. The van der Waals surface area contributed by atoms with Crippen LogP contribution >= 0.6 is 0 Å². The van der Waals surface area contributed by atoms with Gasteiger partial charge in [-0.3, -0.25) is 0 Å². The molecular weight excluding hydrogens is 385 g/mol. The average Bonchev–Trinajstić information content (AvgIpc) is 2.79. The Balaban J connectivity index is 1.59. The Morgan fingerprint density at radius 1 is 1.17 bits per heavy atom. The number of nitrogens with zero attached hydrogens (tertiary/aromatic N) is 4. The maximum Gasteiger partial charge on any atom is 0.158 e. The van der Waals surface area contributed by atoms with Crippen LogP contribution in [-0.4, -0.2) is 47.3 Å². The van der Waals surface area contributed by atoms with Crippen LogP contribution in [0.3, 0.4) is 0 Å². The summed E-state index contributed by atoms with van der Waals surface area (Å²) in [6.07, 6.45) is 4.56. The molecule has 3 N–H and O–H groups in total. The Morgan fingerprint density at radius 2 is 2.07 bits per heavy atom. The van der Waals surface area contributed by atoms with E-state index < -0.39 is 0 Å². The molecule has 0 amide bonds. The molecule has 152 valence electrons. The van der Waals surface area contributed by atoms with Crippen molar-refractivity contribution in [2.75, 3.05) is 36.9 Å². The van der Waals surface area contributed by atoms with E-state index in [2.05, 4.69) is 30.9 Å². The summed E-state index contributed by atoms with van der Waals surface area (Å²) >= 11 is 0. The lowest BCUT2D eigenvalue weighted by atomic mass is 10.1. The number of hydrogen-bond donors (Lipinski definition) is 3. The van der Waals surface area contributed by atoms with E-state index in [0.29, 0.717) is 24.8 Å². The van der Waals surface area contributed by atoms with Gasteiger partial charge < -0.3 is 20.7 Å². The van der Waals surface area contributed by atoms with Crippen molar-refractivity contribution in [3.8, 4) is 17.2 Å². The summed E-state index contributed by atoms with van der Waals surface area (Å²) < 4.78 is 19.5. The van der Waals surface area contributed by atoms with Gasteiger partial charge in [-0.2, -0.15) is 5.26 Å². The Morgan fingerprint density at radius 3 is 2.80 bits per heavy atom. The maximum absolute atomic E-state index is 13.8. The fourth-order valence-electron chi connectivity index (χ4n) is 3.11. The van der Waals surface area contributed by atoms with Crippen molar-refractivity contribution in [1.29, 1.82) is 5.26 Å². The van der Waals surface area contributed by atoms with Crippen molar-refractivity contribution in [3.63, 3.8) is 0 Å². The van der Waals surface area contributed by atoms with Crippen LogP contribution in [-0.2, 0) is 4.74 Å². The van der Waals surface area contributed by atoms with Crippen molar-refractivity contribution < 1.29 is 9.13 Å². The highest BCUT2D eigenvalue weighted by molar-refractivity contribution is 5.79. The van der Waals surface area contributed by atoms with E-state index in [1.165, 1.54) is 24.5 Å². The van der Waals surface area contributed by atoms with Crippen molar-refractivity contribution in [2.24, 2.45) is 0 Å². The third-order valence-corrected chi connectivity index (χ3v) is 4.59. The molecule has 0 aliphatic carbocycles. The quantitative estimate of drug-likeness (QED) is 0.575. The molecule has 3 aromatic rings. The molecule has 4 rings (SSSR count). The molecule has 0 spiro atoms. The first-order valence-corrected chi connectivity index (χ1v) is 9.52. The van der Waals surface area contributed by atoms with E-state index in [1.807, 2.05) is 18.2 Å². The monoisotopic (exact) mass is 405 g/mol. The number of anilines is 3. The fourth-order valence-corrected chi connectivity index (χ4v) is 3.11. The summed E-state index contributed by atoms with van der Waals surface area (Å²) in [5, 5.41) is 18.6. The van der Waals surface area contributed by atoms with Crippen LogP contribution in [0.2, 0.25) is 0 Å². The second-order valence-corrected chi connectivity index (χ2v) is 6.73. The van der Waals surface area contributed by atoms with Gasteiger partial charge in [0, 0.05) is 43.1 Å². The van der Waals surface area contributed by atoms with Gasteiger partial charge in [-0.05, 0) is 17.7 Å². The van der Waals surface area contributed by atoms with Crippen molar-refractivity contribution in [1.82, 2.24) is 20.3 Å². The smallest absolute Gasteiger partial charge is 0.158 e. The number of nitrogens with one attached hydrogen (secondary N) is 3. The van der Waals surface area contributed by atoms with E-state index in [0.717, 1.165) is 29.9 Å². The van der Waals surface area contributed by atoms with Crippen molar-refractivity contribution in [3.05, 3.63) is 60.4 Å². The summed E-state index contributed by atoms with van der Waals surface area (Å²) in [5.41, 5.74) is 2.51. The number of aromatic nitrogens is 3. The van der Waals surface area contributed by atoms with Crippen molar-refractivity contribution >= 4 is 17.3 Å². The number of halogens is 1. The Kier molecular flexibility index (Phi) is 6.08. The molecule has 2 aromatic heterocycles. The van der Waals surface area contributed by atoms with Gasteiger partial charge in [0.2, 0.25) is 0 Å². The zero-order chi connectivity index (χ0) is 20.8. The van der Waals surface area contributed by atoms with Crippen molar-refractivity contribution in [2.45, 2.75) is 6.10 Å². The van der Waals surface area contributed by atoms with E-state index in [9.17, 15) is 4.39 Å². The first-order valence-electron chi connectivity index (χ1n) is 9.52. The number of ether oxygens (including phenoxy) is 1. The molecule has 0 saturated carbocycles. The maximum atomic E-state index is 13.8. The minimum absolute atomic E-state index is 0.0353. The topological polar surface area (TPSA) is 108 Å². The van der Waals surface area contributed by atoms with Crippen LogP contribution in [0.1, 0.15) is 5.69 Å². The Hall–Kier alpha value is -3.61. The van der Waals surface area contributed by atoms with Gasteiger partial charge in [0.05, 0.1) is 25.1 Å². The van der Waals surface area contributed by atoms with Gasteiger partial charge >= 0.3 is 0 Å². The Labute approximate surface area is 173 Å². The zero-order valence-electron chi connectivity index (χ0n) is 16.1. The van der Waals surface area contributed by atoms with Gasteiger partial charge in [0.1, 0.15) is 23.5 Å². The predicted octanol–water partition coefficient (Wildman–Crippen LogP) is 2.69. The molecule has 1 aliphatic heterocycles. The largest absolute Gasteiger partial charge is 0.382 e. The van der Waals surface area contributed by atoms with Crippen LogP contribution in [0.5, 0.6) is 0 Å².